The molecule has 0 aliphatic heterocycles. The number of methoxy groups -OCH3 is 5. The summed E-state index contributed by atoms with van der Waals surface area (Å²) in [5, 5.41) is 0.179. The summed E-state index contributed by atoms with van der Waals surface area (Å²) in [7, 11) is 7.54. The Morgan fingerprint density at radius 2 is 1.06 bits per heavy atom. The summed E-state index contributed by atoms with van der Waals surface area (Å²) in [5.41, 5.74) is 0.311. The van der Waals surface area contributed by atoms with Crippen LogP contribution in [0.1, 0.15) is 11.1 Å². The molecule has 32 heavy (non-hydrogen) atoms. The molecule has 3 rings (SSSR count). The number of hydrogen-bond donors (Lipinski definition) is 2. The second-order valence-corrected chi connectivity index (χ2v) is 6.60. The first-order valence-electron chi connectivity index (χ1n) is 9.52. The number of aromatic amines is 2. The van der Waals surface area contributed by atoms with Crippen molar-refractivity contribution in [1.29, 1.82) is 0 Å². The van der Waals surface area contributed by atoms with Gasteiger partial charge in [0.25, 0.3) is 11.1 Å². The maximum absolute atomic E-state index is 12.6. The van der Waals surface area contributed by atoms with E-state index in [1.165, 1.54) is 41.6 Å². The van der Waals surface area contributed by atoms with Gasteiger partial charge in [0.05, 0.1) is 35.5 Å². The van der Waals surface area contributed by atoms with Crippen LogP contribution in [0.15, 0.2) is 39.9 Å². The van der Waals surface area contributed by atoms with Gasteiger partial charge in [-0.1, -0.05) is 6.07 Å². The molecular weight excluding hydrogens is 416 g/mol. The van der Waals surface area contributed by atoms with Crippen LogP contribution in [0.3, 0.4) is 0 Å². The number of rotatable bonds is 7. The molecule has 0 atom stereocenters. The highest BCUT2D eigenvalue weighted by Gasteiger charge is 2.12. The summed E-state index contributed by atoms with van der Waals surface area (Å²) in [6, 6.07) is 8.50. The molecule has 0 radical (unpaired) electrons. The Morgan fingerprint density at radius 3 is 1.53 bits per heavy atom. The third-order valence-electron chi connectivity index (χ3n) is 4.70. The van der Waals surface area contributed by atoms with Crippen molar-refractivity contribution in [3.8, 4) is 28.7 Å². The van der Waals surface area contributed by atoms with Crippen LogP contribution in [0.25, 0.3) is 12.2 Å². The summed E-state index contributed by atoms with van der Waals surface area (Å²) in [5.74, 6) is 2.34. The van der Waals surface area contributed by atoms with Crippen LogP contribution in [-0.2, 0) is 0 Å². The maximum Gasteiger partial charge on any atom is 0.272 e. The average Bonchev–Trinajstić information content (AvgIpc) is 2.81. The summed E-state index contributed by atoms with van der Waals surface area (Å²) in [6.45, 7) is 0. The minimum Gasteiger partial charge on any atom is -0.493 e. The zero-order valence-corrected chi connectivity index (χ0v) is 18.4. The van der Waals surface area contributed by atoms with Crippen LogP contribution in [-0.4, -0.2) is 45.5 Å². The van der Waals surface area contributed by atoms with Crippen molar-refractivity contribution in [3.63, 3.8) is 0 Å². The molecule has 0 aliphatic carbocycles. The topological polar surface area (TPSA) is 112 Å². The van der Waals surface area contributed by atoms with Crippen molar-refractivity contribution in [1.82, 2.24) is 9.97 Å². The zero-order chi connectivity index (χ0) is 23.3. The highest BCUT2D eigenvalue weighted by molar-refractivity contribution is 5.61. The van der Waals surface area contributed by atoms with E-state index in [1.807, 2.05) is 0 Å². The second-order valence-electron chi connectivity index (χ2n) is 6.60. The lowest BCUT2D eigenvalue weighted by atomic mass is 10.1. The fourth-order valence-corrected chi connectivity index (χ4v) is 3.16. The van der Waals surface area contributed by atoms with Gasteiger partial charge in [-0.3, -0.25) is 9.59 Å². The summed E-state index contributed by atoms with van der Waals surface area (Å²) in [4.78, 5) is 30.5. The molecule has 9 nitrogen and oxygen atoms in total. The summed E-state index contributed by atoms with van der Waals surface area (Å²) >= 11 is 0. The molecule has 2 N–H and O–H groups in total. The molecular formula is C23H24N2O7. The van der Waals surface area contributed by atoms with Crippen LogP contribution in [0, 0.1) is 0 Å². The molecule has 0 saturated heterocycles. The van der Waals surface area contributed by atoms with E-state index < -0.39 is 11.1 Å². The number of nitrogens with one attached hydrogen (secondary N) is 2. The first kappa shape index (κ1) is 22.5. The van der Waals surface area contributed by atoms with Crippen molar-refractivity contribution >= 4 is 12.2 Å². The Morgan fingerprint density at radius 1 is 0.594 bits per heavy atom. The monoisotopic (exact) mass is 440 g/mol. The van der Waals surface area contributed by atoms with E-state index in [0.29, 0.717) is 39.9 Å². The minimum atomic E-state index is -0.468. The Bertz CT molecular complexity index is 1330. The smallest absolute Gasteiger partial charge is 0.272 e. The van der Waals surface area contributed by atoms with Gasteiger partial charge in [-0.05, 0) is 47.5 Å². The quantitative estimate of drug-likeness (QED) is 0.558. The Labute approximate surface area is 183 Å². The predicted octanol–water partition coefficient (Wildman–Crippen LogP) is 0.764. The fourth-order valence-electron chi connectivity index (χ4n) is 3.16. The number of ether oxygens (including phenoxy) is 5. The van der Waals surface area contributed by atoms with E-state index in [0.717, 1.165) is 0 Å². The van der Waals surface area contributed by atoms with Crippen LogP contribution < -0.4 is 45.5 Å². The fraction of sp³-hybridized carbons (Fsp3) is 0.217. The van der Waals surface area contributed by atoms with Gasteiger partial charge in [-0.25, -0.2) is 0 Å². The molecule has 3 aromatic rings. The van der Waals surface area contributed by atoms with Crippen LogP contribution in [0.5, 0.6) is 28.7 Å². The number of hydrogen-bond acceptors (Lipinski definition) is 7. The molecule has 1 aromatic heterocycles. The average molecular weight is 440 g/mol. The first-order valence-corrected chi connectivity index (χ1v) is 9.52. The van der Waals surface area contributed by atoms with E-state index in [2.05, 4.69) is 9.97 Å². The first-order chi connectivity index (χ1) is 15.4. The lowest BCUT2D eigenvalue weighted by Crippen LogP contribution is -2.46. The van der Waals surface area contributed by atoms with Crippen LogP contribution in [0.2, 0.25) is 0 Å². The van der Waals surface area contributed by atoms with E-state index in [1.54, 1.807) is 36.4 Å². The van der Waals surface area contributed by atoms with Gasteiger partial charge in [0.15, 0.2) is 23.0 Å². The molecule has 9 heteroatoms. The van der Waals surface area contributed by atoms with Gasteiger partial charge in [-0.2, -0.15) is 0 Å². The lowest BCUT2D eigenvalue weighted by Gasteiger charge is -2.12. The molecule has 0 aliphatic rings. The van der Waals surface area contributed by atoms with Crippen molar-refractivity contribution in [2.75, 3.05) is 35.5 Å². The van der Waals surface area contributed by atoms with E-state index >= 15 is 0 Å². The molecule has 0 spiro atoms. The van der Waals surface area contributed by atoms with E-state index in [4.69, 9.17) is 23.7 Å². The molecule has 0 amide bonds. The Hall–Kier alpha value is -4.14. The highest BCUT2D eigenvalue weighted by atomic mass is 16.5. The van der Waals surface area contributed by atoms with Gasteiger partial charge in [0, 0.05) is 0 Å². The molecule has 168 valence electrons. The number of benzene rings is 2. The van der Waals surface area contributed by atoms with Gasteiger partial charge >= 0.3 is 0 Å². The lowest BCUT2D eigenvalue weighted by molar-refractivity contribution is 0.324. The predicted molar refractivity (Wildman–Crippen MR) is 120 cm³/mol. The second kappa shape index (κ2) is 9.78. The normalized spacial score (nSPS) is 11.9. The SMILES string of the molecule is COc1ccc(/C=c2\[nH]c(=O)/c(=C/c3cc(OC)c(OC)c(OC)c3)[nH]c2=O)cc1OC. The molecule has 0 fully saturated rings. The molecule has 0 unspecified atom stereocenters. The molecule has 1 heterocycles. The summed E-state index contributed by atoms with van der Waals surface area (Å²) in [6.07, 6.45) is 3.07. The van der Waals surface area contributed by atoms with Crippen molar-refractivity contribution in [2.45, 2.75) is 0 Å². The molecule has 2 aromatic carbocycles. The number of aromatic nitrogens is 2. The third kappa shape index (κ3) is 4.61. The Balaban J connectivity index is 2.11. The van der Waals surface area contributed by atoms with Crippen molar-refractivity contribution in [2.24, 2.45) is 0 Å². The molecule has 0 bridgehead atoms. The van der Waals surface area contributed by atoms with Crippen LogP contribution >= 0.6 is 0 Å². The van der Waals surface area contributed by atoms with Crippen molar-refractivity contribution < 1.29 is 23.7 Å². The largest absolute Gasteiger partial charge is 0.493 e. The van der Waals surface area contributed by atoms with Crippen molar-refractivity contribution in [3.05, 3.63) is 72.9 Å². The summed E-state index contributed by atoms with van der Waals surface area (Å²) < 4.78 is 26.4. The Kier molecular flexibility index (Phi) is 6.89. The van der Waals surface area contributed by atoms with Gasteiger partial charge in [-0.15, -0.1) is 0 Å². The van der Waals surface area contributed by atoms with Gasteiger partial charge in [0.1, 0.15) is 10.7 Å². The minimum absolute atomic E-state index is 0.0775. The zero-order valence-electron chi connectivity index (χ0n) is 18.4. The third-order valence-corrected chi connectivity index (χ3v) is 4.70. The van der Waals surface area contributed by atoms with E-state index in [-0.39, 0.29) is 10.7 Å². The standard InChI is InChI=1S/C23H24N2O7/c1-28-17-7-6-13(10-18(17)29-2)8-15-22(26)25-16(23(27)24-15)9-14-11-19(30-3)21(32-5)20(12-14)31-4/h6-12H,1-5H3,(H,24,27)(H,25,26)/b15-8-,16-9-. The maximum atomic E-state index is 12.6. The molecule has 0 saturated carbocycles. The van der Waals surface area contributed by atoms with Gasteiger partial charge < -0.3 is 33.7 Å². The van der Waals surface area contributed by atoms with Gasteiger partial charge in [0.2, 0.25) is 5.75 Å². The van der Waals surface area contributed by atoms with E-state index in [9.17, 15) is 9.59 Å². The highest BCUT2D eigenvalue weighted by Crippen LogP contribution is 2.38. The van der Waals surface area contributed by atoms with Crippen LogP contribution in [0.4, 0.5) is 0 Å². The number of H-pyrrole nitrogens is 2.